The van der Waals surface area contributed by atoms with Crippen LogP contribution in [0.3, 0.4) is 0 Å². The Morgan fingerprint density at radius 3 is 2.56 bits per heavy atom. The molecule has 0 radical (unpaired) electrons. The smallest absolute Gasteiger partial charge is 0.259 e. The number of sulfone groups is 1. The van der Waals surface area contributed by atoms with Crippen molar-refractivity contribution in [3.8, 4) is 11.3 Å². The summed E-state index contributed by atoms with van der Waals surface area (Å²) in [5, 5.41) is -0.478. The third-order valence-electron chi connectivity index (χ3n) is 6.00. The van der Waals surface area contributed by atoms with Gasteiger partial charge in [0.1, 0.15) is 10.8 Å². The van der Waals surface area contributed by atoms with Gasteiger partial charge in [-0.2, -0.15) is 0 Å². The number of rotatable bonds is 4. The van der Waals surface area contributed by atoms with E-state index in [4.69, 9.17) is 9.72 Å². The third-order valence-corrected chi connectivity index (χ3v) is 8.08. The molecule has 0 unspecified atom stereocenters. The highest BCUT2D eigenvalue weighted by atomic mass is 32.2. The summed E-state index contributed by atoms with van der Waals surface area (Å²) in [7, 11) is -3.39. The monoisotopic (exact) mass is 446 g/mol. The van der Waals surface area contributed by atoms with Gasteiger partial charge in [0.2, 0.25) is 0 Å². The van der Waals surface area contributed by atoms with Crippen molar-refractivity contribution in [3.63, 3.8) is 0 Å². The summed E-state index contributed by atoms with van der Waals surface area (Å²) in [6.07, 6.45) is 3.38. The summed E-state index contributed by atoms with van der Waals surface area (Å²) in [4.78, 5) is 27.2. The maximum Gasteiger partial charge on any atom is 0.259 e. The molecule has 4 aromatic rings. The van der Waals surface area contributed by atoms with Gasteiger partial charge in [-0.25, -0.2) is 18.4 Å². The van der Waals surface area contributed by atoms with Crippen LogP contribution in [0.2, 0.25) is 0 Å². The highest BCUT2D eigenvalue weighted by Gasteiger charge is 2.34. The summed E-state index contributed by atoms with van der Waals surface area (Å²) >= 11 is 0. The molecule has 9 heteroatoms. The molecular weight excluding hydrogens is 428 g/mol. The Bertz CT molecular complexity index is 1470. The number of hydrogen-bond donors (Lipinski definition) is 1. The number of fused-ring (bicyclic) bond motifs is 2. The van der Waals surface area contributed by atoms with Gasteiger partial charge in [0.05, 0.1) is 42.2 Å². The molecule has 1 N–H and O–H groups in total. The van der Waals surface area contributed by atoms with Crippen LogP contribution >= 0.6 is 0 Å². The Kier molecular flexibility index (Phi) is 4.17. The lowest BCUT2D eigenvalue weighted by molar-refractivity contribution is 0.0416. The minimum Gasteiger partial charge on any atom is -0.379 e. The fourth-order valence-corrected chi connectivity index (χ4v) is 5.52. The second-order valence-corrected chi connectivity index (χ2v) is 10.1. The van der Waals surface area contributed by atoms with Crippen molar-refractivity contribution >= 4 is 32.6 Å². The number of aromatic amines is 1. The number of ether oxygens (including phenoxy) is 1. The summed E-state index contributed by atoms with van der Waals surface area (Å²) in [6, 6.07) is 14.2. The first-order valence-corrected chi connectivity index (χ1v) is 11.7. The first-order valence-electron chi connectivity index (χ1n) is 10.2. The lowest BCUT2D eigenvalue weighted by Gasteiger charge is -2.25. The van der Waals surface area contributed by atoms with Crippen molar-refractivity contribution in [2.75, 3.05) is 18.1 Å². The Hall–Kier alpha value is -3.56. The molecular formula is C23H18N4O4S. The molecule has 0 saturated carbocycles. The summed E-state index contributed by atoms with van der Waals surface area (Å²) in [5.74, 6) is -0.0664. The van der Waals surface area contributed by atoms with Crippen LogP contribution in [0.4, 0.5) is 5.69 Å². The molecule has 8 nitrogen and oxygen atoms in total. The summed E-state index contributed by atoms with van der Waals surface area (Å²) in [5.41, 5.74) is 4.84. The van der Waals surface area contributed by atoms with Crippen LogP contribution in [0.5, 0.6) is 0 Å². The van der Waals surface area contributed by atoms with Crippen molar-refractivity contribution in [3.05, 3.63) is 72.1 Å². The van der Waals surface area contributed by atoms with Crippen LogP contribution in [0.25, 0.3) is 22.4 Å². The number of hydrogen-bond acceptors (Lipinski definition) is 6. The molecule has 6 rings (SSSR count). The molecule has 1 amide bonds. The topological polar surface area (TPSA) is 105 Å². The largest absolute Gasteiger partial charge is 0.379 e. The summed E-state index contributed by atoms with van der Waals surface area (Å²) < 4.78 is 30.2. The molecule has 0 spiro atoms. The molecule has 0 aliphatic carbocycles. The van der Waals surface area contributed by atoms with Crippen LogP contribution in [-0.4, -0.2) is 47.7 Å². The van der Waals surface area contributed by atoms with E-state index in [1.807, 2.05) is 24.3 Å². The van der Waals surface area contributed by atoms with Gasteiger partial charge in [0.15, 0.2) is 15.5 Å². The average molecular weight is 446 g/mol. The molecule has 0 atom stereocenters. The van der Waals surface area contributed by atoms with Gasteiger partial charge in [-0.15, -0.1) is 0 Å². The van der Waals surface area contributed by atoms with Crippen LogP contribution in [0, 0.1) is 0 Å². The number of nitrogens with zero attached hydrogens (tertiary/aromatic N) is 3. The van der Waals surface area contributed by atoms with E-state index < -0.39 is 15.1 Å². The lowest BCUT2D eigenvalue weighted by atomic mass is 10.1. The number of benzene rings is 2. The fourth-order valence-electron chi connectivity index (χ4n) is 4.07. The van der Waals surface area contributed by atoms with E-state index in [0.29, 0.717) is 34.7 Å². The van der Waals surface area contributed by atoms with Gasteiger partial charge in [-0.1, -0.05) is 30.3 Å². The molecule has 2 aliphatic heterocycles. The molecule has 32 heavy (non-hydrogen) atoms. The van der Waals surface area contributed by atoms with Gasteiger partial charge < -0.3 is 14.6 Å². The zero-order valence-electron chi connectivity index (χ0n) is 16.9. The molecule has 2 aromatic heterocycles. The van der Waals surface area contributed by atoms with Crippen LogP contribution in [0.1, 0.15) is 15.9 Å². The fraction of sp³-hybridized carbons (Fsp3) is 0.174. The SMILES string of the molecule is O=C1c2ccccc2CN1c1c[nH]c2ncc(-c3ccc(S(=O)(=O)C4COC4)cc3)nc12. The third kappa shape index (κ3) is 2.85. The quantitative estimate of drug-likeness (QED) is 0.517. The Labute approximate surface area is 183 Å². The van der Waals surface area contributed by atoms with E-state index in [1.54, 1.807) is 41.6 Å². The predicted molar refractivity (Wildman–Crippen MR) is 118 cm³/mol. The number of H-pyrrole nitrogens is 1. The lowest BCUT2D eigenvalue weighted by Crippen LogP contribution is -2.40. The van der Waals surface area contributed by atoms with Crippen molar-refractivity contribution in [1.82, 2.24) is 15.0 Å². The second-order valence-electron chi connectivity index (χ2n) is 7.90. The van der Waals surface area contributed by atoms with Gasteiger partial charge in [0.25, 0.3) is 5.91 Å². The highest BCUT2D eigenvalue weighted by molar-refractivity contribution is 7.92. The highest BCUT2D eigenvalue weighted by Crippen LogP contribution is 2.33. The normalized spacial score (nSPS) is 16.4. The number of anilines is 1. The molecule has 0 bridgehead atoms. The number of amides is 1. The Morgan fingerprint density at radius 1 is 1.06 bits per heavy atom. The zero-order chi connectivity index (χ0) is 21.9. The van der Waals surface area contributed by atoms with Crippen molar-refractivity contribution in [2.24, 2.45) is 0 Å². The number of carbonyl (C=O) groups is 1. The average Bonchev–Trinajstić information content (AvgIpc) is 3.33. The number of aromatic nitrogens is 3. The predicted octanol–water partition coefficient (Wildman–Crippen LogP) is 2.96. The van der Waals surface area contributed by atoms with E-state index in [1.165, 1.54) is 0 Å². The van der Waals surface area contributed by atoms with E-state index in [9.17, 15) is 13.2 Å². The van der Waals surface area contributed by atoms with Gasteiger partial charge in [-0.05, 0) is 23.8 Å². The molecule has 1 fully saturated rings. The minimum absolute atomic E-state index is 0.0664. The molecule has 2 aliphatic rings. The Balaban J connectivity index is 1.35. The molecule has 2 aromatic carbocycles. The first-order chi connectivity index (χ1) is 15.5. The Morgan fingerprint density at radius 2 is 1.84 bits per heavy atom. The number of nitrogens with one attached hydrogen (secondary N) is 1. The van der Waals surface area contributed by atoms with Crippen molar-refractivity contribution in [2.45, 2.75) is 16.7 Å². The van der Waals surface area contributed by atoms with Gasteiger partial charge in [0, 0.05) is 17.3 Å². The van der Waals surface area contributed by atoms with Crippen LogP contribution < -0.4 is 4.90 Å². The van der Waals surface area contributed by atoms with Crippen molar-refractivity contribution in [1.29, 1.82) is 0 Å². The standard InChI is InChI=1S/C23H18N4O4S/c28-23-18-4-2-1-3-15(18)11-27(23)20-10-25-22-21(20)26-19(9-24-22)14-5-7-16(8-6-14)32(29,30)17-12-31-13-17/h1-10,17H,11-13H2,(H,24,25). The van der Waals surface area contributed by atoms with Gasteiger partial charge >= 0.3 is 0 Å². The minimum atomic E-state index is -3.39. The maximum atomic E-state index is 12.9. The van der Waals surface area contributed by atoms with E-state index in [2.05, 4.69) is 9.97 Å². The van der Waals surface area contributed by atoms with Crippen LogP contribution in [-0.2, 0) is 21.1 Å². The molecule has 1 saturated heterocycles. The maximum absolute atomic E-state index is 12.9. The first kappa shape index (κ1) is 19.1. The van der Waals surface area contributed by atoms with Crippen molar-refractivity contribution < 1.29 is 17.9 Å². The van der Waals surface area contributed by atoms with Gasteiger partial charge in [-0.3, -0.25) is 4.79 Å². The van der Waals surface area contributed by atoms with E-state index >= 15 is 0 Å². The van der Waals surface area contributed by atoms with Crippen LogP contribution in [0.15, 0.2) is 65.8 Å². The molecule has 160 valence electrons. The second kappa shape index (κ2) is 6.98. The summed E-state index contributed by atoms with van der Waals surface area (Å²) in [6.45, 7) is 0.953. The van der Waals surface area contributed by atoms with E-state index in [0.717, 1.165) is 11.1 Å². The van der Waals surface area contributed by atoms with E-state index in [-0.39, 0.29) is 24.0 Å². The number of carbonyl (C=O) groups excluding carboxylic acids is 1. The zero-order valence-corrected chi connectivity index (χ0v) is 17.7. The molecule has 4 heterocycles.